The van der Waals surface area contributed by atoms with Gasteiger partial charge in [-0.1, -0.05) is 0 Å². The van der Waals surface area contributed by atoms with Gasteiger partial charge in [0.2, 0.25) is 0 Å². The Kier molecular flexibility index (Phi) is 3.56. The average molecular weight is 288 g/mol. The van der Waals surface area contributed by atoms with Crippen molar-refractivity contribution < 1.29 is 27.9 Å². The van der Waals surface area contributed by atoms with Gasteiger partial charge >= 0.3 is 12.0 Å². The molecule has 20 heavy (non-hydrogen) atoms. The highest BCUT2D eigenvalue weighted by atomic mass is 19.2. The van der Waals surface area contributed by atoms with Crippen LogP contribution in [0, 0.1) is 22.9 Å². The molecule has 1 aromatic rings. The molecule has 0 bridgehead atoms. The summed E-state index contributed by atoms with van der Waals surface area (Å²) in [5.74, 6) is -5.48. The van der Waals surface area contributed by atoms with Crippen LogP contribution in [-0.4, -0.2) is 23.7 Å². The number of aliphatic carboxylic acids is 1. The summed E-state index contributed by atoms with van der Waals surface area (Å²) in [6.45, 7) is -0.0830. The lowest BCUT2D eigenvalue weighted by atomic mass is 10.1. The second kappa shape index (κ2) is 5.03. The quantitative estimate of drug-likeness (QED) is 0.742. The zero-order valence-electron chi connectivity index (χ0n) is 10.2. The first-order valence-corrected chi connectivity index (χ1v) is 5.77. The van der Waals surface area contributed by atoms with Crippen molar-refractivity contribution in [3.05, 3.63) is 29.6 Å². The molecule has 2 amide bonds. The molecule has 3 N–H and O–H groups in total. The summed E-state index contributed by atoms with van der Waals surface area (Å²) in [6.07, 6.45) is 0.921. The van der Waals surface area contributed by atoms with Crippen LogP contribution in [0.1, 0.15) is 12.8 Å². The van der Waals surface area contributed by atoms with E-state index < -0.39 is 34.9 Å². The summed E-state index contributed by atoms with van der Waals surface area (Å²) in [6, 6.07) is 0.437. The van der Waals surface area contributed by atoms with Crippen LogP contribution in [0.2, 0.25) is 0 Å². The Morgan fingerprint density at radius 2 is 1.75 bits per heavy atom. The minimum atomic E-state index is -1.63. The topological polar surface area (TPSA) is 78.4 Å². The first-order chi connectivity index (χ1) is 9.34. The summed E-state index contributed by atoms with van der Waals surface area (Å²) >= 11 is 0. The van der Waals surface area contributed by atoms with E-state index in [2.05, 4.69) is 10.6 Å². The Hall–Kier alpha value is -2.25. The van der Waals surface area contributed by atoms with Crippen molar-refractivity contribution in [1.82, 2.24) is 5.32 Å². The number of carbonyl (C=O) groups excluding carboxylic acids is 1. The van der Waals surface area contributed by atoms with E-state index in [1.165, 1.54) is 0 Å². The van der Waals surface area contributed by atoms with Gasteiger partial charge in [-0.05, 0) is 12.8 Å². The second-order valence-corrected chi connectivity index (χ2v) is 4.65. The molecule has 0 aliphatic heterocycles. The fourth-order valence-electron chi connectivity index (χ4n) is 1.67. The van der Waals surface area contributed by atoms with Crippen molar-refractivity contribution in [3.8, 4) is 0 Å². The molecule has 1 aliphatic rings. The largest absolute Gasteiger partial charge is 0.481 e. The van der Waals surface area contributed by atoms with Gasteiger partial charge in [0.25, 0.3) is 0 Å². The zero-order chi connectivity index (χ0) is 14.9. The number of carboxylic acid groups (broad SMARTS) is 1. The zero-order valence-corrected chi connectivity index (χ0v) is 10.2. The number of amides is 2. The molecule has 0 unspecified atom stereocenters. The van der Waals surface area contributed by atoms with Gasteiger partial charge in [0.05, 0.1) is 5.41 Å². The lowest BCUT2D eigenvalue weighted by molar-refractivity contribution is -0.143. The minimum absolute atomic E-state index is 0.0830. The highest BCUT2D eigenvalue weighted by molar-refractivity contribution is 5.90. The Morgan fingerprint density at radius 1 is 1.20 bits per heavy atom. The van der Waals surface area contributed by atoms with Crippen molar-refractivity contribution in [1.29, 1.82) is 0 Å². The number of hydrogen-bond acceptors (Lipinski definition) is 2. The van der Waals surface area contributed by atoms with Crippen molar-refractivity contribution in [2.45, 2.75) is 12.8 Å². The molecule has 1 aliphatic carbocycles. The standard InChI is InChI=1S/C12H11F3N2O3/c13-7-3-6(4-8(14)9(7)15)17-11(20)16-5-12(1-2-12)10(18)19/h3-4H,1-2,5H2,(H,18,19)(H2,16,17,20). The highest BCUT2D eigenvalue weighted by Gasteiger charge is 2.50. The van der Waals surface area contributed by atoms with Crippen LogP contribution in [0.3, 0.4) is 0 Å². The number of carbonyl (C=O) groups is 2. The van der Waals surface area contributed by atoms with Gasteiger partial charge in [0, 0.05) is 24.4 Å². The number of hydrogen-bond donors (Lipinski definition) is 3. The molecule has 0 heterocycles. The molecule has 0 spiro atoms. The van der Waals surface area contributed by atoms with Crippen molar-refractivity contribution in [2.75, 3.05) is 11.9 Å². The third-order valence-electron chi connectivity index (χ3n) is 3.14. The minimum Gasteiger partial charge on any atom is -0.481 e. The van der Waals surface area contributed by atoms with E-state index in [0.717, 1.165) is 0 Å². The molecule has 2 rings (SSSR count). The first-order valence-electron chi connectivity index (χ1n) is 5.77. The van der Waals surface area contributed by atoms with E-state index >= 15 is 0 Å². The van der Waals surface area contributed by atoms with Crippen LogP contribution in [0.5, 0.6) is 0 Å². The SMILES string of the molecule is O=C(NCC1(C(=O)O)CC1)Nc1cc(F)c(F)c(F)c1. The monoisotopic (exact) mass is 288 g/mol. The molecule has 1 aromatic carbocycles. The van der Waals surface area contributed by atoms with Crippen molar-refractivity contribution in [2.24, 2.45) is 5.41 Å². The molecule has 1 saturated carbocycles. The van der Waals surface area contributed by atoms with Gasteiger partial charge in [0.1, 0.15) is 0 Å². The van der Waals surface area contributed by atoms with E-state index in [9.17, 15) is 22.8 Å². The molecule has 0 atom stereocenters. The fraction of sp³-hybridized carbons (Fsp3) is 0.333. The summed E-state index contributed by atoms with van der Waals surface area (Å²) in [7, 11) is 0. The van der Waals surface area contributed by atoms with Crippen LogP contribution >= 0.6 is 0 Å². The van der Waals surface area contributed by atoms with Crippen molar-refractivity contribution >= 4 is 17.7 Å². The lowest BCUT2D eigenvalue weighted by Gasteiger charge is -2.12. The summed E-state index contributed by atoms with van der Waals surface area (Å²) < 4.78 is 38.5. The number of halogens is 3. The fourth-order valence-corrected chi connectivity index (χ4v) is 1.67. The Bertz CT molecular complexity index is 550. The van der Waals surface area contributed by atoms with Crippen LogP contribution in [0.4, 0.5) is 23.7 Å². The van der Waals surface area contributed by atoms with Crippen LogP contribution in [0.15, 0.2) is 12.1 Å². The second-order valence-electron chi connectivity index (χ2n) is 4.65. The average Bonchev–Trinajstić information content (AvgIpc) is 3.14. The summed E-state index contributed by atoms with van der Waals surface area (Å²) in [4.78, 5) is 22.3. The molecular formula is C12H11F3N2O3. The van der Waals surface area contributed by atoms with Crippen LogP contribution in [-0.2, 0) is 4.79 Å². The molecule has 0 radical (unpaired) electrons. The predicted octanol–water partition coefficient (Wildman–Crippen LogP) is 2.09. The van der Waals surface area contributed by atoms with E-state index in [1.807, 2.05) is 0 Å². The Labute approximate surface area is 111 Å². The van der Waals surface area contributed by atoms with Crippen LogP contribution in [0.25, 0.3) is 0 Å². The molecule has 108 valence electrons. The maximum atomic E-state index is 12.9. The lowest BCUT2D eigenvalue weighted by Crippen LogP contribution is -2.36. The number of benzene rings is 1. The number of nitrogens with one attached hydrogen (secondary N) is 2. The Morgan fingerprint density at radius 3 is 2.20 bits per heavy atom. The number of rotatable bonds is 4. The van der Waals surface area contributed by atoms with Gasteiger partial charge in [-0.3, -0.25) is 4.79 Å². The smallest absolute Gasteiger partial charge is 0.319 e. The number of urea groups is 1. The molecule has 0 aromatic heterocycles. The summed E-state index contributed by atoms with van der Waals surface area (Å²) in [5, 5.41) is 13.3. The van der Waals surface area contributed by atoms with Gasteiger partial charge in [-0.15, -0.1) is 0 Å². The summed E-state index contributed by atoms with van der Waals surface area (Å²) in [5.41, 5.74) is -1.21. The van der Waals surface area contributed by atoms with Gasteiger partial charge in [-0.25, -0.2) is 18.0 Å². The van der Waals surface area contributed by atoms with Gasteiger partial charge < -0.3 is 15.7 Å². The highest BCUT2D eigenvalue weighted by Crippen LogP contribution is 2.45. The van der Waals surface area contributed by atoms with Gasteiger partial charge in [0.15, 0.2) is 17.5 Å². The molecule has 5 nitrogen and oxygen atoms in total. The normalized spacial score (nSPS) is 15.6. The van der Waals surface area contributed by atoms with E-state index in [4.69, 9.17) is 5.11 Å². The number of carboxylic acids is 1. The van der Waals surface area contributed by atoms with Crippen LogP contribution < -0.4 is 10.6 Å². The van der Waals surface area contributed by atoms with Gasteiger partial charge in [-0.2, -0.15) is 0 Å². The maximum Gasteiger partial charge on any atom is 0.319 e. The van der Waals surface area contributed by atoms with E-state index in [0.29, 0.717) is 25.0 Å². The maximum absolute atomic E-state index is 12.9. The Balaban J connectivity index is 1.94. The third-order valence-corrected chi connectivity index (χ3v) is 3.14. The third kappa shape index (κ3) is 2.84. The number of anilines is 1. The first kappa shape index (κ1) is 14.2. The molecular weight excluding hydrogens is 277 g/mol. The van der Waals surface area contributed by atoms with Crippen molar-refractivity contribution in [3.63, 3.8) is 0 Å². The van der Waals surface area contributed by atoms with E-state index in [1.54, 1.807) is 0 Å². The molecule has 8 heteroatoms. The van der Waals surface area contributed by atoms with E-state index in [-0.39, 0.29) is 12.2 Å². The molecule has 1 fully saturated rings. The molecule has 0 saturated heterocycles. The predicted molar refractivity (Wildman–Crippen MR) is 62.6 cm³/mol.